The first-order chi connectivity index (χ1) is 14.0. The molecule has 0 aliphatic heterocycles. The predicted molar refractivity (Wildman–Crippen MR) is 112 cm³/mol. The fraction of sp³-hybridized carbons (Fsp3) is 0.920. The van der Waals surface area contributed by atoms with Crippen molar-refractivity contribution in [2.45, 2.75) is 90.6 Å². The molecule has 0 aromatic carbocycles. The molecule has 0 saturated heterocycles. The molecule has 9 atom stereocenters. The van der Waals surface area contributed by atoms with Crippen LogP contribution >= 0.6 is 0 Å². The van der Waals surface area contributed by atoms with Crippen LogP contribution in [0.4, 0.5) is 0 Å². The van der Waals surface area contributed by atoms with Gasteiger partial charge in [0.2, 0.25) is 0 Å². The van der Waals surface area contributed by atoms with Crippen LogP contribution in [-0.2, 0) is 19.1 Å². The normalized spacial score (nSPS) is 42.2. The molecule has 4 heteroatoms. The maximum Gasteiger partial charge on any atom is 0.305 e. The molecule has 164 valence electrons. The van der Waals surface area contributed by atoms with Crippen LogP contribution in [0.25, 0.3) is 0 Å². The van der Waals surface area contributed by atoms with E-state index in [0.717, 1.165) is 60.7 Å². The second kappa shape index (κ2) is 8.98. The fourth-order valence-corrected chi connectivity index (χ4v) is 8.22. The molecule has 0 heterocycles. The van der Waals surface area contributed by atoms with Gasteiger partial charge in [-0.2, -0.15) is 0 Å². The number of ether oxygens (including phenoxy) is 2. The first-order valence-corrected chi connectivity index (χ1v) is 12.2. The Kier molecular flexibility index (Phi) is 6.56. The van der Waals surface area contributed by atoms with Crippen LogP contribution in [0, 0.1) is 47.3 Å². The highest BCUT2D eigenvalue weighted by atomic mass is 16.5. The summed E-state index contributed by atoms with van der Waals surface area (Å²) in [5.74, 6) is 6.58. The maximum absolute atomic E-state index is 11.6. The van der Waals surface area contributed by atoms with Crippen LogP contribution in [0.2, 0.25) is 0 Å². The highest BCUT2D eigenvalue weighted by molar-refractivity contribution is 5.69. The zero-order valence-electron chi connectivity index (χ0n) is 18.6. The number of fused-ring (bicyclic) bond motifs is 5. The van der Waals surface area contributed by atoms with Crippen molar-refractivity contribution in [2.75, 3.05) is 7.11 Å². The summed E-state index contributed by atoms with van der Waals surface area (Å²) in [5, 5.41) is 0. The van der Waals surface area contributed by atoms with Crippen LogP contribution in [0.5, 0.6) is 0 Å². The Hall–Kier alpha value is -1.06. The van der Waals surface area contributed by atoms with E-state index in [1.165, 1.54) is 52.1 Å². The Morgan fingerprint density at radius 3 is 2.24 bits per heavy atom. The second-order valence-electron chi connectivity index (χ2n) is 10.6. The molecule has 0 bridgehead atoms. The Balaban J connectivity index is 1.35. The molecule has 0 spiro atoms. The zero-order valence-corrected chi connectivity index (χ0v) is 18.6. The highest BCUT2D eigenvalue weighted by Crippen LogP contribution is 2.60. The maximum atomic E-state index is 11.6. The topological polar surface area (TPSA) is 52.6 Å². The fourth-order valence-electron chi connectivity index (χ4n) is 8.22. The van der Waals surface area contributed by atoms with E-state index in [9.17, 15) is 9.59 Å². The van der Waals surface area contributed by atoms with Crippen molar-refractivity contribution in [1.82, 2.24) is 0 Å². The quantitative estimate of drug-likeness (QED) is 0.577. The van der Waals surface area contributed by atoms with Crippen molar-refractivity contribution in [3.63, 3.8) is 0 Å². The summed E-state index contributed by atoms with van der Waals surface area (Å²) < 4.78 is 10.4. The first-order valence-electron chi connectivity index (χ1n) is 12.2. The van der Waals surface area contributed by atoms with Crippen LogP contribution in [-0.4, -0.2) is 25.2 Å². The predicted octanol–water partition coefficient (Wildman–Crippen LogP) is 5.39. The first kappa shape index (κ1) is 21.2. The number of hydrogen-bond acceptors (Lipinski definition) is 4. The van der Waals surface area contributed by atoms with Crippen LogP contribution in [0.15, 0.2) is 0 Å². The number of hydrogen-bond donors (Lipinski definition) is 0. The summed E-state index contributed by atoms with van der Waals surface area (Å²) in [6.07, 6.45) is 13.5. The lowest BCUT2D eigenvalue weighted by molar-refractivity contribution is -0.151. The molecule has 4 aliphatic carbocycles. The highest BCUT2D eigenvalue weighted by Gasteiger charge is 2.52. The standard InChI is InChI=1S/C25H40O4/c1-15(4-13-25(27)28-3)19-9-10-24-21(19)11-12-22-20-8-6-18(29-16(2)26)14-17(20)5-7-23(22)24/h15,17-24H,4-14H2,1-3H3/t15-,17+,18-,19-,20+,21+,22+,23+,24+/m0/s1. The molecule has 4 rings (SSSR count). The number of methoxy groups -OCH3 is 1. The summed E-state index contributed by atoms with van der Waals surface area (Å²) in [4.78, 5) is 22.9. The third-order valence-electron chi connectivity index (χ3n) is 9.38. The number of esters is 2. The molecular weight excluding hydrogens is 364 g/mol. The molecule has 0 amide bonds. The summed E-state index contributed by atoms with van der Waals surface area (Å²) in [6, 6.07) is 0. The molecule has 0 radical (unpaired) electrons. The third-order valence-corrected chi connectivity index (χ3v) is 9.38. The minimum atomic E-state index is -0.110. The number of carbonyl (C=O) groups excluding carboxylic acids is 2. The second-order valence-corrected chi connectivity index (χ2v) is 10.6. The third kappa shape index (κ3) is 4.37. The zero-order chi connectivity index (χ0) is 20.5. The number of rotatable bonds is 5. The molecule has 4 saturated carbocycles. The van der Waals surface area contributed by atoms with Gasteiger partial charge in [-0.1, -0.05) is 6.92 Å². The number of carbonyl (C=O) groups is 2. The molecule has 4 aliphatic rings. The average molecular weight is 405 g/mol. The van der Waals surface area contributed by atoms with Gasteiger partial charge < -0.3 is 9.47 Å². The van der Waals surface area contributed by atoms with Crippen molar-refractivity contribution < 1.29 is 19.1 Å². The summed E-state index contributed by atoms with van der Waals surface area (Å²) in [6.45, 7) is 3.92. The van der Waals surface area contributed by atoms with E-state index in [-0.39, 0.29) is 18.0 Å². The van der Waals surface area contributed by atoms with Gasteiger partial charge >= 0.3 is 11.9 Å². The Bertz CT molecular complexity index is 602. The molecule has 4 nitrogen and oxygen atoms in total. The van der Waals surface area contributed by atoms with E-state index in [0.29, 0.717) is 12.3 Å². The monoisotopic (exact) mass is 404 g/mol. The van der Waals surface area contributed by atoms with Crippen molar-refractivity contribution >= 4 is 11.9 Å². The molecule has 4 fully saturated rings. The molecular formula is C25H40O4. The SMILES string of the molecule is COC(=O)CC[C@H](C)[C@@H]1CC[C@H]2[C@@H]3CC[C@@H]4C[C@@H](OC(C)=O)CC[C@H]4[C@H]3CC[C@@H]21. The van der Waals surface area contributed by atoms with E-state index in [1.54, 1.807) is 6.92 Å². The van der Waals surface area contributed by atoms with Gasteiger partial charge in [-0.05, 0) is 112 Å². The summed E-state index contributed by atoms with van der Waals surface area (Å²) in [7, 11) is 1.50. The van der Waals surface area contributed by atoms with Gasteiger partial charge in [-0.3, -0.25) is 9.59 Å². The van der Waals surface area contributed by atoms with E-state index in [4.69, 9.17) is 9.47 Å². The van der Waals surface area contributed by atoms with E-state index in [1.807, 2.05) is 0 Å². The van der Waals surface area contributed by atoms with Gasteiger partial charge in [0.1, 0.15) is 6.10 Å². The Labute approximate surface area is 176 Å². The van der Waals surface area contributed by atoms with Gasteiger partial charge in [0, 0.05) is 13.3 Å². The van der Waals surface area contributed by atoms with Crippen molar-refractivity contribution in [2.24, 2.45) is 47.3 Å². The van der Waals surface area contributed by atoms with Crippen molar-refractivity contribution in [1.29, 1.82) is 0 Å². The van der Waals surface area contributed by atoms with Gasteiger partial charge in [0.25, 0.3) is 0 Å². The minimum absolute atomic E-state index is 0.0576. The minimum Gasteiger partial charge on any atom is -0.469 e. The van der Waals surface area contributed by atoms with Gasteiger partial charge in [0.05, 0.1) is 7.11 Å². The van der Waals surface area contributed by atoms with E-state index < -0.39 is 0 Å². The molecule has 0 aromatic rings. The van der Waals surface area contributed by atoms with Crippen LogP contribution < -0.4 is 0 Å². The summed E-state index contributed by atoms with van der Waals surface area (Å²) in [5.41, 5.74) is 0. The molecule has 0 N–H and O–H groups in total. The van der Waals surface area contributed by atoms with Gasteiger partial charge in [0.15, 0.2) is 0 Å². The smallest absolute Gasteiger partial charge is 0.305 e. The largest absolute Gasteiger partial charge is 0.469 e. The summed E-state index contributed by atoms with van der Waals surface area (Å²) >= 11 is 0. The molecule has 0 aromatic heterocycles. The van der Waals surface area contributed by atoms with Gasteiger partial charge in [-0.25, -0.2) is 0 Å². The average Bonchev–Trinajstić information content (AvgIpc) is 3.15. The van der Waals surface area contributed by atoms with Crippen LogP contribution in [0.3, 0.4) is 0 Å². The van der Waals surface area contributed by atoms with Crippen LogP contribution in [0.1, 0.15) is 84.5 Å². The van der Waals surface area contributed by atoms with Gasteiger partial charge in [-0.15, -0.1) is 0 Å². The van der Waals surface area contributed by atoms with Crippen molar-refractivity contribution in [3.8, 4) is 0 Å². The Morgan fingerprint density at radius 1 is 0.862 bits per heavy atom. The molecule has 0 unspecified atom stereocenters. The lowest BCUT2D eigenvalue weighted by atomic mass is 9.53. The lowest BCUT2D eigenvalue weighted by Gasteiger charge is -2.53. The lowest BCUT2D eigenvalue weighted by Crippen LogP contribution is -2.46. The molecule has 29 heavy (non-hydrogen) atoms. The Morgan fingerprint density at radius 2 is 1.48 bits per heavy atom. The van der Waals surface area contributed by atoms with E-state index >= 15 is 0 Å². The van der Waals surface area contributed by atoms with Crippen molar-refractivity contribution in [3.05, 3.63) is 0 Å². The van der Waals surface area contributed by atoms with E-state index in [2.05, 4.69) is 6.92 Å².